The SMILES string of the molecule is NC(=NO)c1ncn(-c2ccnc3cc(Cl)ccc23)n1. The second kappa shape index (κ2) is 4.78. The molecular formula is C12H9ClN6O. The lowest BCUT2D eigenvalue weighted by Crippen LogP contribution is -2.15. The average molecular weight is 289 g/mol. The Morgan fingerprint density at radius 3 is 2.95 bits per heavy atom. The Bertz CT molecular complexity index is 813. The highest BCUT2D eigenvalue weighted by molar-refractivity contribution is 6.31. The van der Waals surface area contributed by atoms with Gasteiger partial charge in [0.1, 0.15) is 6.33 Å². The fraction of sp³-hybridized carbons (Fsp3) is 0. The van der Waals surface area contributed by atoms with Gasteiger partial charge in [-0.3, -0.25) is 4.98 Å². The monoisotopic (exact) mass is 288 g/mol. The predicted molar refractivity (Wildman–Crippen MR) is 74.2 cm³/mol. The Labute approximate surface area is 118 Å². The van der Waals surface area contributed by atoms with Crippen molar-refractivity contribution in [2.24, 2.45) is 10.9 Å². The number of nitrogens with zero attached hydrogens (tertiary/aromatic N) is 5. The maximum absolute atomic E-state index is 8.62. The Morgan fingerprint density at radius 1 is 1.30 bits per heavy atom. The van der Waals surface area contributed by atoms with Crippen LogP contribution in [0.5, 0.6) is 0 Å². The van der Waals surface area contributed by atoms with Crippen LogP contribution >= 0.6 is 11.6 Å². The second-order valence-corrected chi connectivity index (χ2v) is 4.43. The van der Waals surface area contributed by atoms with Gasteiger partial charge in [-0.2, -0.15) is 0 Å². The molecule has 100 valence electrons. The lowest BCUT2D eigenvalue weighted by Gasteiger charge is -2.05. The van der Waals surface area contributed by atoms with Crippen LogP contribution in [-0.4, -0.2) is 30.8 Å². The molecule has 0 aliphatic heterocycles. The highest BCUT2D eigenvalue weighted by Gasteiger charge is 2.10. The Balaban J connectivity index is 2.17. The third kappa shape index (κ3) is 2.04. The zero-order chi connectivity index (χ0) is 14.1. The summed E-state index contributed by atoms with van der Waals surface area (Å²) in [5, 5.41) is 17.1. The fourth-order valence-corrected chi connectivity index (χ4v) is 2.01. The van der Waals surface area contributed by atoms with Crippen LogP contribution in [0.3, 0.4) is 0 Å². The highest BCUT2D eigenvalue weighted by Crippen LogP contribution is 2.22. The van der Waals surface area contributed by atoms with Crippen LogP contribution in [0, 0.1) is 0 Å². The molecule has 7 nitrogen and oxygen atoms in total. The van der Waals surface area contributed by atoms with Crippen molar-refractivity contribution in [1.29, 1.82) is 0 Å². The first-order valence-electron chi connectivity index (χ1n) is 5.63. The van der Waals surface area contributed by atoms with E-state index >= 15 is 0 Å². The third-order valence-corrected chi connectivity index (χ3v) is 2.99. The van der Waals surface area contributed by atoms with E-state index in [1.165, 1.54) is 11.0 Å². The molecule has 0 amide bonds. The summed E-state index contributed by atoms with van der Waals surface area (Å²) in [6.45, 7) is 0. The maximum Gasteiger partial charge on any atom is 0.220 e. The van der Waals surface area contributed by atoms with Crippen LogP contribution in [0.1, 0.15) is 5.82 Å². The van der Waals surface area contributed by atoms with Crippen LogP contribution in [-0.2, 0) is 0 Å². The molecule has 0 fully saturated rings. The molecular weight excluding hydrogens is 280 g/mol. The number of rotatable bonds is 2. The van der Waals surface area contributed by atoms with Crippen molar-refractivity contribution >= 4 is 28.3 Å². The van der Waals surface area contributed by atoms with Gasteiger partial charge in [0.2, 0.25) is 11.7 Å². The summed E-state index contributed by atoms with van der Waals surface area (Å²) < 4.78 is 1.53. The first-order chi connectivity index (χ1) is 9.69. The number of hydrogen-bond acceptors (Lipinski definition) is 5. The van der Waals surface area contributed by atoms with Crippen molar-refractivity contribution in [2.45, 2.75) is 0 Å². The molecule has 0 spiro atoms. The molecule has 0 atom stereocenters. The summed E-state index contributed by atoms with van der Waals surface area (Å²) in [6.07, 6.45) is 3.13. The van der Waals surface area contributed by atoms with Crippen LogP contribution in [0.25, 0.3) is 16.6 Å². The molecule has 3 N–H and O–H groups in total. The van der Waals surface area contributed by atoms with Gasteiger partial charge in [0, 0.05) is 16.6 Å². The van der Waals surface area contributed by atoms with Gasteiger partial charge in [-0.25, -0.2) is 9.67 Å². The van der Waals surface area contributed by atoms with E-state index in [0.717, 1.165) is 16.6 Å². The van der Waals surface area contributed by atoms with Crippen LogP contribution in [0.15, 0.2) is 41.9 Å². The zero-order valence-corrected chi connectivity index (χ0v) is 10.9. The summed E-state index contributed by atoms with van der Waals surface area (Å²) >= 11 is 5.95. The molecule has 3 rings (SSSR count). The number of benzene rings is 1. The topological polar surface area (TPSA) is 102 Å². The van der Waals surface area contributed by atoms with Gasteiger partial charge in [-0.1, -0.05) is 16.8 Å². The maximum atomic E-state index is 8.62. The molecule has 0 radical (unpaired) electrons. The van der Waals surface area contributed by atoms with Gasteiger partial charge in [0.05, 0.1) is 11.2 Å². The predicted octanol–water partition coefficient (Wildman–Crippen LogP) is 1.56. The van der Waals surface area contributed by atoms with E-state index < -0.39 is 0 Å². The molecule has 20 heavy (non-hydrogen) atoms. The van der Waals surface area contributed by atoms with Crippen molar-refractivity contribution in [3.63, 3.8) is 0 Å². The fourth-order valence-electron chi connectivity index (χ4n) is 1.85. The van der Waals surface area contributed by atoms with Gasteiger partial charge >= 0.3 is 0 Å². The van der Waals surface area contributed by atoms with E-state index in [1.54, 1.807) is 24.4 Å². The van der Waals surface area contributed by atoms with Gasteiger partial charge < -0.3 is 10.9 Å². The number of halogens is 1. The van der Waals surface area contributed by atoms with E-state index in [1.807, 2.05) is 6.07 Å². The van der Waals surface area contributed by atoms with Crippen molar-refractivity contribution in [3.8, 4) is 5.69 Å². The molecule has 0 bridgehead atoms. The molecule has 2 heterocycles. The quantitative estimate of drug-likeness (QED) is 0.322. The largest absolute Gasteiger partial charge is 0.409 e. The molecule has 2 aromatic heterocycles. The lowest BCUT2D eigenvalue weighted by molar-refractivity contribution is 0.318. The summed E-state index contributed by atoms with van der Waals surface area (Å²) in [5.41, 5.74) is 6.97. The molecule has 0 saturated carbocycles. The number of hydrogen-bond donors (Lipinski definition) is 2. The highest BCUT2D eigenvalue weighted by atomic mass is 35.5. The normalized spacial score (nSPS) is 11.9. The Morgan fingerprint density at radius 2 is 2.15 bits per heavy atom. The average Bonchev–Trinajstić information content (AvgIpc) is 2.95. The number of amidine groups is 1. The van der Waals surface area contributed by atoms with E-state index in [4.69, 9.17) is 22.5 Å². The van der Waals surface area contributed by atoms with Crippen LogP contribution in [0.2, 0.25) is 5.02 Å². The molecule has 0 aliphatic rings. The number of pyridine rings is 1. The third-order valence-electron chi connectivity index (χ3n) is 2.76. The minimum atomic E-state index is -0.148. The molecule has 0 saturated heterocycles. The molecule has 3 aromatic rings. The van der Waals surface area contributed by atoms with Gasteiger partial charge in [0.25, 0.3) is 0 Å². The zero-order valence-electron chi connectivity index (χ0n) is 10.1. The summed E-state index contributed by atoms with van der Waals surface area (Å²) in [7, 11) is 0. The van der Waals surface area contributed by atoms with Crippen molar-refractivity contribution in [3.05, 3.63) is 47.6 Å². The van der Waals surface area contributed by atoms with E-state index in [2.05, 4.69) is 20.2 Å². The minimum absolute atomic E-state index is 0.145. The van der Waals surface area contributed by atoms with Gasteiger partial charge in [-0.15, -0.1) is 5.10 Å². The number of nitrogens with two attached hydrogens (primary N) is 1. The number of fused-ring (bicyclic) bond motifs is 1. The van der Waals surface area contributed by atoms with E-state index in [-0.39, 0.29) is 11.7 Å². The van der Waals surface area contributed by atoms with Gasteiger partial charge in [0.15, 0.2) is 0 Å². The second-order valence-electron chi connectivity index (χ2n) is 3.99. The molecule has 0 aliphatic carbocycles. The van der Waals surface area contributed by atoms with Crippen LogP contribution in [0.4, 0.5) is 0 Å². The van der Waals surface area contributed by atoms with Gasteiger partial charge in [-0.05, 0) is 24.3 Å². The smallest absolute Gasteiger partial charge is 0.220 e. The summed E-state index contributed by atoms with van der Waals surface area (Å²) in [4.78, 5) is 8.23. The van der Waals surface area contributed by atoms with E-state index in [9.17, 15) is 0 Å². The Hall–Kier alpha value is -2.67. The molecule has 8 heteroatoms. The minimum Gasteiger partial charge on any atom is -0.409 e. The first kappa shape index (κ1) is 12.4. The van der Waals surface area contributed by atoms with Crippen molar-refractivity contribution < 1.29 is 5.21 Å². The number of aromatic nitrogens is 4. The van der Waals surface area contributed by atoms with Crippen molar-refractivity contribution in [2.75, 3.05) is 0 Å². The van der Waals surface area contributed by atoms with Crippen molar-refractivity contribution in [1.82, 2.24) is 19.7 Å². The lowest BCUT2D eigenvalue weighted by atomic mass is 10.2. The van der Waals surface area contributed by atoms with Crippen LogP contribution < -0.4 is 5.73 Å². The molecule has 0 unspecified atom stereocenters. The first-order valence-corrected chi connectivity index (χ1v) is 6.01. The summed E-state index contributed by atoms with van der Waals surface area (Å²) in [5.74, 6) is -0.00316. The number of oxime groups is 1. The Kier molecular flexibility index (Phi) is 2.96. The standard InChI is InChI=1S/C12H9ClN6O/c13-7-1-2-8-9(5-7)15-4-3-10(8)19-6-16-12(17-19)11(14)18-20/h1-6,20H,(H2,14,18). The van der Waals surface area contributed by atoms with E-state index in [0.29, 0.717) is 5.02 Å². The summed E-state index contributed by atoms with van der Waals surface area (Å²) in [6, 6.07) is 7.18. The molecule has 1 aromatic carbocycles.